The standard InChI is InChI=1S/C11H11BrN2O2S/c1-6-11(9-4-7(12)5-17-9)8(14-13-6)2-3-10(15)16/h4-5H,2-3H2,1H3,(H,13,14)(H,15,16). The van der Waals surface area contributed by atoms with Gasteiger partial charge in [-0.05, 0) is 28.9 Å². The molecule has 90 valence electrons. The Balaban J connectivity index is 2.32. The third-order valence-corrected chi connectivity index (χ3v) is 4.12. The molecule has 17 heavy (non-hydrogen) atoms. The Morgan fingerprint density at radius 1 is 1.65 bits per heavy atom. The molecule has 0 aliphatic rings. The number of rotatable bonds is 4. The number of aryl methyl sites for hydroxylation is 2. The van der Waals surface area contributed by atoms with Gasteiger partial charge in [-0.15, -0.1) is 11.3 Å². The van der Waals surface area contributed by atoms with E-state index in [0.29, 0.717) is 6.42 Å². The second-order valence-corrected chi connectivity index (χ2v) is 5.52. The van der Waals surface area contributed by atoms with Crippen LogP contribution in [0.5, 0.6) is 0 Å². The van der Waals surface area contributed by atoms with Crippen LogP contribution in [0.4, 0.5) is 0 Å². The van der Waals surface area contributed by atoms with Gasteiger partial charge in [0, 0.05) is 32.4 Å². The van der Waals surface area contributed by atoms with Crippen LogP contribution in [0.2, 0.25) is 0 Å². The molecule has 0 aromatic carbocycles. The molecule has 0 spiro atoms. The van der Waals surface area contributed by atoms with Crippen molar-refractivity contribution in [2.45, 2.75) is 19.8 Å². The highest BCUT2D eigenvalue weighted by Crippen LogP contribution is 2.33. The average Bonchev–Trinajstić information content (AvgIpc) is 2.82. The number of aromatic nitrogens is 2. The van der Waals surface area contributed by atoms with Crippen molar-refractivity contribution in [1.82, 2.24) is 10.2 Å². The van der Waals surface area contributed by atoms with Crippen molar-refractivity contribution >= 4 is 33.2 Å². The van der Waals surface area contributed by atoms with Crippen LogP contribution in [-0.2, 0) is 11.2 Å². The number of thiophene rings is 1. The third kappa shape index (κ3) is 2.76. The first kappa shape index (κ1) is 12.3. The summed E-state index contributed by atoms with van der Waals surface area (Å²) >= 11 is 5.03. The zero-order valence-corrected chi connectivity index (χ0v) is 11.6. The number of nitrogens with one attached hydrogen (secondary N) is 1. The molecule has 2 rings (SSSR count). The topological polar surface area (TPSA) is 66.0 Å². The van der Waals surface area contributed by atoms with E-state index in [1.807, 2.05) is 18.4 Å². The zero-order chi connectivity index (χ0) is 12.4. The van der Waals surface area contributed by atoms with Gasteiger partial charge in [0.2, 0.25) is 0 Å². The third-order valence-electron chi connectivity index (χ3n) is 2.41. The van der Waals surface area contributed by atoms with Gasteiger partial charge in [-0.3, -0.25) is 9.89 Å². The number of hydrogen-bond donors (Lipinski definition) is 2. The van der Waals surface area contributed by atoms with Crippen LogP contribution < -0.4 is 0 Å². The zero-order valence-electron chi connectivity index (χ0n) is 9.16. The quantitative estimate of drug-likeness (QED) is 0.910. The van der Waals surface area contributed by atoms with E-state index in [1.165, 1.54) is 0 Å². The molecular formula is C11H11BrN2O2S. The summed E-state index contributed by atoms with van der Waals surface area (Å²) in [4.78, 5) is 11.7. The highest BCUT2D eigenvalue weighted by atomic mass is 79.9. The van der Waals surface area contributed by atoms with Crippen molar-refractivity contribution in [2.24, 2.45) is 0 Å². The van der Waals surface area contributed by atoms with Crippen molar-refractivity contribution in [3.05, 3.63) is 27.3 Å². The lowest BCUT2D eigenvalue weighted by molar-refractivity contribution is -0.136. The Labute approximate surface area is 111 Å². The number of halogens is 1. The lowest BCUT2D eigenvalue weighted by Gasteiger charge is -1.99. The minimum absolute atomic E-state index is 0.101. The smallest absolute Gasteiger partial charge is 0.303 e. The molecule has 0 unspecified atom stereocenters. The summed E-state index contributed by atoms with van der Waals surface area (Å²) in [6.45, 7) is 1.94. The van der Waals surface area contributed by atoms with Gasteiger partial charge in [-0.2, -0.15) is 5.10 Å². The first-order valence-corrected chi connectivity index (χ1v) is 6.75. The fourth-order valence-corrected chi connectivity index (χ4v) is 3.21. The van der Waals surface area contributed by atoms with Crippen LogP contribution in [0, 0.1) is 6.92 Å². The summed E-state index contributed by atoms with van der Waals surface area (Å²) in [5.74, 6) is -0.802. The molecule has 2 heterocycles. The number of hydrogen-bond acceptors (Lipinski definition) is 3. The largest absolute Gasteiger partial charge is 0.481 e. The highest BCUT2D eigenvalue weighted by molar-refractivity contribution is 9.10. The number of aliphatic carboxylic acids is 1. The molecule has 2 aromatic rings. The van der Waals surface area contributed by atoms with Crippen molar-refractivity contribution in [2.75, 3.05) is 0 Å². The van der Waals surface area contributed by atoms with Crippen LogP contribution in [0.25, 0.3) is 10.4 Å². The Hall–Kier alpha value is -1.14. The fraction of sp³-hybridized carbons (Fsp3) is 0.273. The molecule has 0 aliphatic heterocycles. The van der Waals surface area contributed by atoms with E-state index in [9.17, 15) is 4.79 Å². The van der Waals surface area contributed by atoms with E-state index in [4.69, 9.17) is 5.11 Å². The molecule has 0 bridgehead atoms. The van der Waals surface area contributed by atoms with Gasteiger partial charge in [-0.1, -0.05) is 0 Å². The first-order chi connectivity index (χ1) is 8.08. The van der Waals surface area contributed by atoms with Crippen molar-refractivity contribution in [1.29, 1.82) is 0 Å². The van der Waals surface area contributed by atoms with Gasteiger partial charge in [0.25, 0.3) is 0 Å². The molecule has 0 radical (unpaired) electrons. The Bertz CT molecular complexity index is 547. The molecule has 0 amide bonds. The normalized spacial score (nSPS) is 10.7. The predicted octanol–water partition coefficient (Wildman–Crippen LogP) is 3.23. The summed E-state index contributed by atoms with van der Waals surface area (Å²) in [6, 6.07) is 2.02. The van der Waals surface area contributed by atoms with Gasteiger partial charge in [0.15, 0.2) is 0 Å². The van der Waals surface area contributed by atoms with Gasteiger partial charge < -0.3 is 5.11 Å². The lowest BCUT2D eigenvalue weighted by Crippen LogP contribution is -1.98. The summed E-state index contributed by atoms with van der Waals surface area (Å²) in [5, 5.41) is 17.8. The van der Waals surface area contributed by atoms with Crippen LogP contribution in [-0.4, -0.2) is 21.3 Å². The Kier molecular flexibility index (Phi) is 3.63. The fourth-order valence-electron chi connectivity index (χ4n) is 1.66. The molecular weight excluding hydrogens is 304 g/mol. The first-order valence-electron chi connectivity index (χ1n) is 5.08. The summed E-state index contributed by atoms with van der Waals surface area (Å²) < 4.78 is 1.03. The second kappa shape index (κ2) is 5.01. The Morgan fingerprint density at radius 3 is 3.00 bits per heavy atom. The van der Waals surface area contributed by atoms with Gasteiger partial charge in [-0.25, -0.2) is 0 Å². The summed E-state index contributed by atoms with van der Waals surface area (Å²) in [5.41, 5.74) is 2.82. The lowest BCUT2D eigenvalue weighted by atomic mass is 10.1. The van der Waals surface area contributed by atoms with Gasteiger partial charge >= 0.3 is 5.97 Å². The average molecular weight is 315 g/mol. The molecule has 6 heteroatoms. The Morgan fingerprint density at radius 2 is 2.41 bits per heavy atom. The molecule has 0 saturated heterocycles. The molecule has 2 N–H and O–H groups in total. The number of carboxylic acids is 1. The number of aromatic amines is 1. The summed E-state index contributed by atoms with van der Waals surface area (Å²) in [6.07, 6.45) is 0.550. The maximum atomic E-state index is 10.6. The number of carbonyl (C=O) groups is 1. The maximum absolute atomic E-state index is 10.6. The van der Waals surface area contributed by atoms with Crippen LogP contribution in [0.3, 0.4) is 0 Å². The second-order valence-electron chi connectivity index (χ2n) is 3.69. The molecule has 0 saturated carbocycles. The SMILES string of the molecule is Cc1[nH]nc(CCC(=O)O)c1-c1cc(Br)cs1. The molecule has 2 aromatic heterocycles. The molecule has 0 atom stereocenters. The van der Waals surface area contributed by atoms with E-state index < -0.39 is 5.97 Å². The van der Waals surface area contributed by atoms with E-state index >= 15 is 0 Å². The summed E-state index contributed by atoms with van der Waals surface area (Å²) in [7, 11) is 0. The van der Waals surface area contributed by atoms with E-state index in [0.717, 1.165) is 26.3 Å². The predicted molar refractivity (Wildman–Crippen MR) is 70.3 cm³/mol. The van der Waals surface area contributed by atoms with Crippen molar-refractivity contribution < 1.29 is 9.90 Å². The number of carboxylic acid groups (broad SMARTS) is 1. The van der Waals surface area contributed by atoms with Gasteiger partial charge in [0.05, 0.1) is 12.1 Å². The minimum Gasteiger partial charge on any atom is -0.481 e. The number of H-pyrrole nitrogens is 1. The van der Waals surface area contributed by atoms with Crippen molar-refractivity contribution in [3.8, 4) is 10.4 Å². The van der Waals surface area contributed by atoms with E-state index in [1.54, 1.807) is 11.3 Å². The van der Waals surface area contributed by atoms with Gasteiger partial charge in [0.1, 0.15) is 0 Å². The monoisotopic (exact) mass is 314 g/mol. The highest BCUT2D eigenvalue weighted by Gasteiger charge is 2.14. The van der Waals surface area contributed by atoms with E-state index in [2.05, 4.69) is 26.1 Å². The molecule has 0 fully saturated rings. The maximum Gasteiger partial charge on any atom is 0.303 e. The van der Waals surface area contributed by atoms with Crippen LogP contribution in [0.1, 0.15) is 17.8 Å². The molecule has 4 nitrogen and oxygen atoms in total. The van der Waals surface area contributed by atoms with E-state index in [-0.39, 0.29) is 6.42 Å². The minimum atomic E-state index is -0.802. The molecule has 0 aliphatic carbocycles. The number of nitrogens with zero attached hydrogens (tertiary/aromatic N) is 1. The van der Waals surface area contributed by atoms with Crippen molar-refractivity contribution in [3.63, 3.8) is 0 Å². The van der Waals surface area contributed by atoms with Crippen LogP contribution in [0.15, 0.2) is 15.9 Å². The van der Waals surface area contributed by atoms with Crippen LogP contribution >= 0.6 is 27.3 Å².